The molecule has 44 heavy (non-hydrogen) atoms. The van der Waals surface area contributed by atoms with Crippen LogP contribution in [0.1, 0.15) is 51.8 Å². The number of amides is 2. The van der Waals surface area contributed by atoms with Gasteiger partial charge in [0.15, 0.2) is 17.4 Å². The van der Waals surface area contributed by atoms with Crippen molar-refractivity contribution in [3.05, 3.63) is 53.9 Å². The number of hydrogen-bond acceptors (Lipinski definition) is 8. The number of benzene rings is 1. The Kier molecular flexibility index (Phi) is 8.98. The molecule has 3 aliphatic heterocycles. The molecule has 5 heterocycles. The molecule has 236 valence electrons. The number of aromatic nitrogens is 3. The molecule has 2 saturated heterocycles. The van der Waals surface area contributed by atoms with Gasteiger partial charge in [0.05, 0.1) is 30.1 Å². The second-order valence-corrected chi connectivity index (χ2v) is 11.1. The number of nitrogens with zero attached hydrogens (tertiary/aromatic N) is 5. The summed E-state index contributed by atoms with van der Waals surface area (Å²) in [5.41, 5.74) is 0.720. The fourth-order valence-corrected chi connectivity index (χ4v) is 5.60. The lowest BCUT2D eigenvalue weighted by atomic mass is 9.99. The molecule has 10 nitrogen and oxygen atoms in total. The number of pyridine rings is 1. The van der Waals surface area contributed by atoms with Crippen LogP contribution in [0.3, 0.4) is 0 Å². The number of anilines is 3. The van der Waals surface area contributed by atoms with Crippen LogP contribution < -0.4 is 19.9 Å². The lowest BCUT2D eigenvalue weighted by Gasteiger charge is -2.46. The summed E-state index contributed by atoms with van der Waals surface area (Å²) >= 11 is 0. The molecule has 0 radical (unpaired) electrons. The predicted molar refractivity (Wildman–Crippen MR) is 160 cm³/mol. The van der Waals surface area contributed by atoms with Crippen molar-refractivity contribution in [3.63, 3.8) is 0 Å². The van der Waals surface area contributed by atoms with E-state index in [2.05, 4.69) is 25.2 Å². The first-order chi connectivity index (χ1) is 21.0. The van der Waals surface area contributed by atoms with Crippen LogP contribution in [0.15, 0.2) is 42.6 Å². The van der Waals surface area contributed by atoms with Crippen molar-refractivity contribution in [3.8, 4) is 17.1 Å². The fourth-order valence-electron chi connectivity index (χ4n) is 5.60. The van der Waals surface area contributed by atoms with Crippen LogP contribution in [0.25, 0.3) is 11.4 Å². The topological polar surface area (TPSA) is 102 Å². The van der Waals surface area contributed by atoms with Gasteiger partial charge in [0.25, 0.3) is 0 Å². The van der Waals surface area contributed by atoms with Crippen molar-refractivity contribution >= 4 is 23.4 Å². The molecule has 2 bridgehead atoms. The van der Waals surface area contributed by atoms with Gasteiger partial charge in [-0.1, -0.05) is 26.0 Å². The van der Waals surface area contributed by atoms with Gasteiger partial charge in [-0.25, -0.2) is 19.7 Å². The standard InChI is InChI=1S/C29H31F3N6O4.C2H6/c1-17-24-26(36-25(34-17)18-6-4-7-19(12-18)29(30,31)32)38(20-8-5-11-37(24)14-20)27(39)35-23-10-9-21(13-33-23)40-15-22-16-41-28(2,3)42-22;1-2/h4,6-7,9-10,12-13,20,22H,5,8,11,14-16H2,1-3H3,(H,33,35,39);1-2H3. The SMILES string of the molecule is CC.Cc1nc(-c2cccc(C(F)(F)F)c2)nc2c1N1CCCC(C1)N2C(=O)Nc1ccc(OCC2COC(C)(C)O2)cn1. The third kappa shape index (κ3) is 6.73. The highest BCUT2D eigenvalue weighted by molar-refractivity contribution is 6.04. The Morgan fingerprint density at radius 1 is 1.18 bits per heavy atom. The van der Waals surface area contributed by atoms with Crippen LogP contribution in [0.2, 0.25) is 0 Å². The van der Waals surface area contributed by atoms with Crippen molar-refractivity contribution in [2.45, 2.75) is 71.6 Å². The Labute approximate surface area is 254 Å². The normalized spacial score (nSPS) is 20.4. The van der Waals surface area contributed by atoms with Crippen molar-refractivity contribution in [2.24, 2.45) is 0 Å². The van der Waals surface area contributed by atoms with Gasteiger partial charge in [-0.3, -0.25) is 10.2 Å². The second-order valence-electron chi connectivity index (χ2n) is 11.1. The summed E-state index contributed by atoms with van der Waals surface area (Å²) < 4.78 is 57.3. The summed E-state index contributed by atoms with van der Waals surface area (Å²) in [4.78, 5) is 31.0. The van der Waals surface area contributed by atoms with E-state index in [0.717, 1.165) is 31.5 Å². The third-order valence-electron chi connectivity index (χ3n) is 7.49. The average molecular weight is 615 g/mol. The van der Waals surface area contributed by atoms with Gasteiger partial charge in [0, 0.05) is 18.7 Å². The summed E-state index contributed by atoms with van der Waals surface area (Å²) in [5, 5.41) is 2.85. The molecular formula is C31H37F3N6O4. The number of ether oxygens (including phenoxy) is 3. The lowest BCUT2D eigenvalue weighted by molar-refractivity contribution is -0.141. The van der Waals surface area contributed by atoms with Crippen LogP contribution in [0.5, 0.6) is 5.75 Å². The van der Waals surface area contributed by atoms with E-state index in [1.165, 1.54) is 18.3 Å². The molecule has 2 amide bonds. The Morgan fingerprint density at radius 3 is 2.66 bits per heavy atom. The van der Waals surface area contributed by atoms with E-state index in [1.54, 1.807) is 24.0 Å². The van der Waals surface area contributed by atoms with E-state index in [4.69, 9.17) is 14.2 Å². The molecule has 0 saturated carbocycles. The fraction of sp³-hybridized carbons (Fsp3) is 0.484. The maximum atomic E-state index is 13.7. The minimum Gasteiger partial charge on any atom is -0.489 e. The number of alkyl halides is 3. The predicted octanol–water partition coefficient (Wildman–Crippen LogP) is 6.44. The highest BCUT2D eigenvalue weighted by Gasteiger charge is 2.40. The Morgan fingerprint density at radius 2 is 1.98 bits per heavy atom. The summed E-state index contributed by atoms with van der Waals surface area (Å²) in [6.45, 7) is 11.6. The number of fused-ring (bicyclic) bond motifs is 4. The van der Waals surface area contributed by atoms with Crippen molar-refractivity contribution in [1.82, 2.24) is 15.0 Å². The number of piperidine rings is 1. The molecule has 0 aliphatic carbocycles. The molecule has 0 spiro atoms. The zero-order chi connectivity index (χ0) is 31.6. The summed E-state index contributed by atoms with van der Waals surface area (Å²) in [6, 6.07) is 7.63. The minimum atomic E-state index is -4.50. The molecule has 3 aromatic rings. The van der Waals surface area contributed by atoms with Crippen molar-refractivity contribution < 1.29 is 32.2 Å². The van der Waals surface area contributed by atoms with Gasteiger partial charge in [0.1, 0.15) is 30.0 Å². The number of aryl methyl sites for hydroxylation is 1. The second kappa shape index (κ2) is 12.6. The number of rotatable bonds is 5. The summed E-state index contributed by atoms with van der Waals surface area (Å²) in [5.74, 6) is 0.681. The van der Waals surface area contributed by atoms with Crippen molar-refractivity contribution in [2.75, 3.05) is 41.4 Å². The number of carbonyl (C=O) groups is 1. The minimum absolute atomic E-state index is 0.121. The van der Waals surface area contributed by atoms with Gasteiger partial charge in [-0.2, -0.15) is 13.2 Å². The van der Waals surface area contributed by atoms with Gasteiger partial charge in [-0.15, -0.1) is 0 Å². The Balaban J connectivity index is 0.00000188. The highest BCUT2D eigenvalue weighted by Crippen LogP contribution is 2.41. The molecule has 2 unspecified atom stereocenters. The van der Waals surface area contributed by atoms with E-state index >= 15 is 0 Å². The quantitative estimate of drug-likeness (QED) is 0.350. The van der Waals surface area contributed by atoms with Crippen LogP contribution in [0, 0.1) is 6.92 Å². The van der Waals surface area contributed by atoms with Gasteiger partial charge in [-0.05, 0) is 57.9 Å². The monoisotopic (exact) mass is 614 g/mol. The molecule has 1 N–H and O–H groups in total. The molecule has 2 fully saturated rings. The highest BCUT2D eigenvalue weighted by atomic mass is 19.4. The molecule has 2 atom stereocenters. The van der Waals surface area contributed by atoms with E-state index in [9.17, 15) is 18.0 Å². The first-order valence-electron chi connectivity index (χ1n) is 14.8. The van der Waals surface area contributed by atoms with E-state index < -0.39 is 23.6 Å². The lowest BCUT2D eigenvalue weighted by Crippen LogP contribution is -2.56. The number of carbonyl (C=O) groups excluding carboxylic acids is 1. The summed E-state index contributed by atoms with van der Waals surface area (Å²) in [7, 11) is 0. The van der Waals surface area contributed by atoms with Crippen LogP contribution in [0.4, 0.5) is 35.3 Å². The maximum Gasteiger partial charge on any atom is 0.416 e. The molecule has 3 aliphatic rings. The number of halogens is 3. The number of nitrogens with one attached hydrogen (secondary N) is 1. The molecular weight excluding hydrogens is 577 g/mol. The van der Waals surface area contributed by atoms with Gasteiger partial charge in [0.2, 0.25) is 0 Å². The summed E-state index contributed by atoms with van der Waals surface area (Å²) in [6.07, 6.45) is -1.55. The maximum absolute atomic E-state index is 13.7. The zero-order valence-corrected chi connectivity index (χ0v) is 25.4. The average Bonchev–Trinajstić information content (AvgIpc) is 3.35. The van der Waals surface area contributed by atoms with Crippen LogP contribution in [-0.4, -0.2) is 65.2 Å². The van der Waals surface area contributed by atoms with E-state index in [1.807, 2.05) is 27.7 Å². The first kappa shape index (κ1) is 31.5. The Bertz CT molecular complexity index is 1480. The Hall–Kier alpha value is -3.97. The molecule has 13 heteroatoms. The molecule has 6 rings (SSSR count). The largest absolute Gasteiger partial charge is 0.489 e. The number of urea groups is 1. The van der Waals surface area contributed by atoms with Crippen molar-refractivity contribution in [1.29, 1.82) is 0 Å². The van der Waals surface area contributed by atoms with Crippen LogP contribution >= 0.6 is 0 Å². The molecule has 2 aromatic heterocycles. The van der Waals surface area contributed by atoms with E-state index in [0.29, 0.717) is 48.5 Å². The van der Waals surface area contributed by atoms with Crippen LogP contribution in [-0.2, 0) is 15.7 Å². The van der Waals surface area contributed by atoms with Gasteiger partial charge < -0.3 is 19.1 Å². The first-order valence-corrected chi connectivity index (χ1v) is 14.8. The van der Waals surface area contributed by atoms with Gasteiger partial charge >= 0.3 is 12.2 Å². The number of hydrogen-bond donors (Lipinski definition) is 1. The zero-order valence-electron chi connectivity index (χ0n) is 25.4. The third-order valence-corrected chi connectivity index (χ3v) is 7.49. The van der Waals surface area contributed by atoms with E-state index in [-0.39, 0.29) is 23.5 Å². The smallest absolute Gasteiger partial charge is 0.416 e. The molecule has 1 aromatic carbocycles.